The van der Waals surface area contributed by atoms with Crippen molar-refractivity contribution in [3.05, 3.63) is 74.1 Å². The molecule has 1 aliphatic heterocycles. The van der Waals surface area contributed by atoms with Gasteiger partial charge in [0.25, 0.3) is 11.6 Å². The molecule has 1 aromatic heterocycles. The predicted molar refractivity (Wildman–Crippen MR) is 143 cm³/mol. The molecule has 3 atom stereocenters. The molecule has 2 aromatic carbocycles. The van der Waals surface area contributed by atoms with Crippen LogP contribution in [0.25, 0.3) is 10.9 Å². The molecule has 0 aliphatic carbocycles. The Balaban J connectivity index is 1.56. The quantitative estimate of drug-likeness (QED) is 0.179. The number of anilines is 2. The number of hydrogen-bond acceptors (Lipinski definition) is 7. The molecule has 1 saturated heterocycles. The van der Waals surface area contributed by atoms with Gasteiger partial charge in [-0.15, -0.1) is 0 Å². The van der Waals surface area contributed by atoms with Crippen LogP contribution < -0.4 is 15.8 Å². The third-order valence-electron chi connectivity index (χ3n) is 7.35. The number of ether oxygens (including phenoxy) is 1. The van der Waals surface area contributed by atoms with Gasteiger partial charge in [-0.2, -0.15) is 26.3 Å². The monoisotopic (exact) mass is 616 g/mol. The Kier molecular flexibility index (Phi) is 8.48. The summed E-state index contributed by atoms with van der Waals surface area (Å²) in [6, 6.07) is 5.94. The first-order valence-corrected chi connectivity index (χ1v) is 12.9. The van der Waals surface area contributed by atoms with Crippen LogP contribution in [-0.2, 0) is 21.9 Å². The number of aromatic nitrogens is 1. The lowest BCUT2D eigenvalue weighted by molar-refractivity contribution is -0.388. The topological polar surface area (TPSA) is 138 Å². The summed E-state index contributed by atoms with van der Waals surface area (Å²) in [6.45, 7) is 1.95. The highest BCUT2D eigenvalue weighted by atomic mass is 19.4. The minimum absolute atomic E-state index is 0.00678. The summed E-state index contributed by atoms with van der Waals surface area (Å²) < 4.78 is 86.9. The molecule has 16 heteroatoms. The maximum absolute atomic E-state index is 13.7. The molecule has 0 radical (unpaired) electrons. The van der Waals surface area contributed by atoms with Crippen molar-refractivity contribution in [1.29, 1.82) is 0 Å². The number of amides is 1. The van der Waals surface area contributed by atoms with Crippen molar-refractivity contribution in [3.8, 4) is 0 Å². The molecule has 0 bridgehead atoms. The summed E-state index contributed by atoms with van der Waals surface area (Å²) in [5.74, 6) is -1.03. The second-order valence-corrected chi connectivity index (χ2v) is 10.4. The van der Waals surface area contributed by atoms with E-state index in [1.54, 1.807) is 4.90 Å². The van der Waals surface area contributed by atoms with Gasteiger partial charge in [0.05, 0.1) is 29.7 Å². The number of H-pyrrole nitrogens is 1. The van der Waals surface area contributed by atoms with Crippen LogP contribution in [0.1, 0.15) is 37.8 Å². The number of carbonyl (C=O) groups excluding carboxylic acids is 1. The number of nitro groups is 1. The Morgan fingerprint density at radius 3 is 2.37 bits per heavy atom. The maximum Gasteiger partial charge on any atom is 0.423 e. The van der Waals surface area contributed by atoms with Crippen molar-refractivity contribution in [3.63, 3.8) is 0 Å². The van der Waals surface area contributed by atoms with Crippen molar-refractivity contribution in [2.24, 2.45) is 0 Å². The average molecular weight is 617 g/mol. The normalized spacial score (nSPS) is 19.0. The van der Waals surface area contributed by atoms with E-state index in [1.165, 1.54) is 25.1 Å². The standard InChI is InChI=1S/C27H26F6N4O6/c1-14-3-5-17(36(14)16-6-7-21-18(10-16)19(26(28,29)30)11-23(39)35-21)12-43-25(2,13-38)24(40)34-15-4-8-22(37(41)42)20(9-15)27(31,32)33/h4,6-11,14,17,38H,3,5,12-13H2,1-2H3,(H,34,40)(H,35,39)/t14-,17-,25?/m1/s1. The average Bonchev–Trinajstić information content (AvgIpc) is 3.29. The number of rotatable bonds is 8. The Morgan fingerprint density at radius 1 is 1.09 bits per heavy atom. The van der Waals surface area contributed by atoms with Crippen LogP contribution >= 0.6 is 0 Å². The lowest BCUT2D eigenvalue weighted by Crippen LogP contribution is -2.49. The molecular weight excluding hydrogens is 590 g/mol. The second kappa shape index (κ2) is 11.5. The number of pyridine rings is 1. The second-order valence-electron chi connectivity index (χ2n) is 10.4. The fraction of sp³-hybridized carbons (Fsp3) is 0.407. The number of halogens is 6. The zero-order valence-corrected chi connectivity index (χ0v) is 22.7. The van der Waals surface area contributed by atoms with Crippen LogP contribution in [0.4, 0.5) is 43.4 Å². The zero-order chi connectivity index (χ0) is 31.9. The highest BCUT2D eigenvalue weighted by molar-refractivity contribution is 5.97. The van der Waals surface area contributed by atoms with Gasteiger partial charge in [-0.25, -0.2) is 0 Å². The Morgan fingerprint density at radius 2 is 1.77 bits per heavy atom. The summed E-state index contributed by atoms with van der Waals surface area (Å²) in [6.07, 6.45) is -8.77. The Labute approximate surface area is 239 Å². The van der Waals surface area contributed by atoms with E-state index in [-0.39, 0.29) is 23.6 Å². The first kappa shape index (κ1) is 31.7. The number of nitro benzene ring substituents is 1. The first-order valence-electron chi connectivity index (χ1n) is 12.9. The molecule has 0 spiro atoms. The fourth-order valence-corrected chi connectivity index (χ4v) is 5.06. The molecular formula is C27H26F6N4O6. The summed E-state index contributed by atoms with van der Waals surface area (Å²) >= 11 is 0. The molecule has 3 aromatic rings. The molecule has 4 rings (SSSR count). The van der Waals surface area contributed by atoms with E-state index < -0.39 is 69.5 Å². The summed E-state index contributed by atoms with van der Waals surface area (Å²) in [5.41, 5.74) is -6.79. The third-order valence-corrected chi connectivity index (χ3v) is 7.35. The van der Waals surface area contributed by atoms with Crippen molar-refractivity contribution < 1.29 is 45.9 Å². The number of carbonyl (C=O) groups is 1. The van der Waals surface area contributed by atoms with E-state index in [0.717, 1.165) is 6.07 Å². The van der Waals surface area contributed by atoms with Gasteiger partial charge in [-0.1, -0.05) is 0 Å². The number of alkyl halides is 6. The molecule has 0 saturated carbocycles. The van der Waals surface area contributed by atoms with Crippen LogP contribution in [-0.4, -0.2) is 51.8 Å². The molecule has 232 valence electrons. The number of aromatic amines is 1. The van der Waals surface area contributed by atoms with Crippen LogP contribution in [0.3, 0.4) is 0 Å². The first-order chi connectivity index (χ1) is 19.9. The summed E-state index contributed by atoms with van der Waals surface area (Å²) in [5, 5.41) is 23.0. The number of nitrogens with zero attached hydrogens (tertiary/aromatic N) is 2. The molecule has 3 N–H and O–H groups in total. The number of aliphatic hydroxyl groups is 1. The summed E-state index contributed by atoms with van der Waals surface area (Å²) in [4.78, 5) is 38.8. The van der Waals surface area contributed by atoms with E-state index in [9.17, 15) is 51.2 Å². The van der Waals surface area contributed by atoms with Gasteiger partial charge in [-0.05, 0) is 57.0 Å². The number of hydrogen-bond donors (Lipinski definition) is 3. The van der Waals surface area contributed by atoms with Crippen LogP contribution in [0, 0.1) is 10.1 Å². The highest BCUT2D eigenvalue weighted by Gasteiger charge is 2.41. The van der Waals surface area contributed by atoms with Crippen molar-refractivity contribution >= 4 is 33.9 Å². The van der Waals surface area contributed by atoms with Gasteiger partial charge in [-0.3, -0.25) is 19.7 Å². The van der Waals surface area contributed by atoms with Crippen molar-refractivity contribution in [1.82, 2.24) is 4.98 Å². The van der Waals surface area contributed by atoms with Crippen molar-refractivity contribution in [2.45, 2.75) is 56.7 Å². The molecule has 1 unspecified atom stereocenters. The van der Waals surface area contributed by atoms with Gasteiger partial charge >= 0.3 is 12.4 Å². The van der Waals surface area contributed by atoms with Crippen LogP contribution in [0.15, 0.2) is 47.3 Å². The largest absolute Gasteiger partial charge is 0.423 e. The van der Waals surface area contributed by atoms with Crippen LogP contribution in [0.2, 0.25) is 0 Å². The Hall–Kier alpha value is -4.18. The predicted octanol–water partition coefficient (Wildman–Crippen LogP) is 5.24. The number of fused-ring (bicyclic) bond motifs is 1. The van der Waals surface area contributed by atoms with E-state index in [1.807, 2.05) is 6.92 Å². The lowest BCUT2D eigenvalue weighted by atomic mass is 10.1. The molecule has 2 heterocycles. The van der Waals surface area contributed by atoms with Gasteiger partial charge in [0.15, 0.2) is 5.60 Å². The SMILES string of the molecule is C[C@@H]1CC[C@H](COC(C)(CO)C(=O)Nc2ccc([N+](=O)[O-])c(C(F)(F)F)c2)N1c1ccc2[nH]c(=O)cc(C(F)(F)F)c2c1. The minimum atomic E-state index is -5.08. The third kappa shape index (κ3) is 6.59. The molecule has 1 amide bonds. The fourth-order valence-electron chi connectivity index (χ4n) is 5.06. The molecule has 1 aliphatic rings. The highest BCUT2D eigenvalue weighted by Crippen LogP contribution is 2.39. The summed E-state index contributed by atoms with van der Waals surface area (Å²) in [7, 11) is 0. The lowest BCUT2D eigenvalue weighted by Gasteiger charge is -2.34. The van der Waals surface area contributed by atoms with E-state index >= 15 is 0 Å². The van der Waals surface area contributed by atoms with Gasteiger partial charge in [0.1, 0.15) is 5.56 Å². The number of benzene rings is 2. The smallest absolute Gasteiger partial charge is 0.393 e. The molecule has 43 heavy (non-hydrogen) atoms. The van der Waals surface area contributed by atoms with Crippen molar-refractivity contribution in [2.75, 3.05) is 23.4 Å². The molecule has 10 nitrogen and oxygen atoms in total. The number of nitrogens with one attached hydrogen (secondary N) is 2. The molecule has 1 fully saturated rings. The van der Waals surface area contributed by atoms with E-state index in [2.05, 4.69) is 10.3 Å². The number of aliphatic hydroxyl groups excluding tert-OH is 1. The van der Waals surface area contributed by atoms with Gasteiger partial charge in [0, 0.05) is 40.5 Å². The van der Waals surface area contributed by atoms with E-state index in [4.69, 9.17) is 4.74 Å². The zero-order valence-electron chi connectivity index (χ0n) is 22.7. The minimum Gasteiger partial charge on any atom is -0.393 e. The Bertz CT molecular complexity index is 1610. The van der Waals surface area contributed by atoms with Crippen LogP contribution in [0.5, 0.6) is 0 Å². The van der Waals surface area contributed by atoms with Gasteiger partial charge < -0.3 is 25.0 Å². The van der Waals surface area contributed by atoms with E-state index in [0.29, 0.717) is 36.7 Å². The van der Waals surface area contributed by atoms with Gasteiger partial charge in [0.2, 0.25) is 5.56 Å². The maximum atomic E-state index is 13.7.